The summed E-state index contributed by atoms with van der Waals surface area (Å²) >= 11 is 1.00. The van der Waals surface area contributed by atoms with Crippen LogP contribution in [-0.4, -0.2) is 86.9 Å². The van der Waals surface area contributed by atoms with Gasteiger partial charge in [-0.1, -0.05) is 0 Å². The predicted octanol–water partition coefficient (Wildman–Crippen LogP) is -2.26. The van der Waals surface area contributed by atoms with Crippen LogP contribution < -0.4 is 16.4 Å². The van der Waals surface area contributed by atoms with Crippen molar-refractivity contribution in [3.05, 3.63) is 0 Å². The molecule has 1 fully saturated rings. The molecule has 4 amide bonds. The molecule has 0 aromatic heterocycles. The first-order valence-corrected chi connectivity index (χ1v) is 9.84. The Bertz CT molecular complexity index is 686. The van der Waals surface area contributed by atoms with Crippen LogP contribution in [0.15, 0.2) is 0 Å². The second kappa shape index (κ2) is 11.4. The molecule has 29 heavy (non-hydrogen) atoms. The molecule has 1 aliphatic rings. The van der Waals surface area contributed by atoms with Gasteiger partial charge in [0.15, 0.2) is 0 Å². The standard InChI is InChI=1S/C16H24N4O8S/c1-2-20-12(22)5-10(15(20)26)29-7-9(14(25)18-6-13(23)24)19-11(21)4-3-8(17)16(27)28/h8-10H,2-7,17H2,1H3,(H,18,25)(H,19,21)(H,23,24)(H,27,28)/t8?,9-,10-/m0/s1. The molecule has 1 rings (SSSR count). The monoisotopic (exact) mass is 432 g/mol. The summed E-state index contributed by atoms with van der Waals surface area (Å²) in [6.07, 6.45) is -0.438. The Morgan fingerprint density at radius 3 is 2.45 bits per heavy atom. The van der Waals surface area contributed by atoms with E-state index >= 15 is 0 Å². The smallest absolute Gasteiger partial charge is 0.322 e. The van der Waals surface area contributed by atoms with Crippen molar-refractivity contribution in [2.24, 2.45) is 5.73 Å². The van der Waals surface area contributed by atoms with E-state index in [0.717, 1.165) is 16.7 Å². The Hall–Kier alpha value is -2.67. The summed E-state index contributed by atoms with van der Waals surface area (Å²) in [4.78, 5) is 70.6. The highest BCUT2D eigenvalue weighted by Crippen LogP contribution is 2.25. The van der Waals surface area contributed by atoms with E-state index < -0.39 is 47.6 Å². The van der Waals surface area contributed by atoms with Crippen molar-refractivity contribution >= 4 is 47.3 Å². The fraction of sp³-hybridized carbons (Fsp3) is 0.625. The maximum Gasteiger partial charge on any atom is 0.322 e. The molecule has 162 valence electrons. The van der Waals surface area contributed by atoms with Crippen molar-refractivity contribution in [2.45, 2.75) is 43.5 Å². The number of hydrogen-bond acceptors (Lipinski definition) is 8. The number of carboxylic acids is 2. The Labute approximate surface area is 170 Å². The first kappa shape index (κ1) is 24.4. The summed E-state index contributed by atoms with van der Waals surface area (Å²) in [6, 6.07) is -2.41. The van der Waals surface area contributed by atoms with Gasteiger partial charge in [0.05, 0.1) is 5.25 Å². The number of amides is 4. The largest absolute Gasteiger partial charge is 0.480 e. The number of carbonyl (C=O) groups is 6. The van der Waals surface area contributed by atoms with E-state index in [1.807, 2.05) is 0 Å². The molecule has 1 aliphatic heterocycles. The lowest BCUT2D eigenvalue weighted by Gasteiger charge is -2.19. The Balaban J connectivity index is 2.70. The molecular formula is C16H24N4O8S. The lowest BCUT2D eigenvalue weighted by atomic mass is 10.1. The molecule has 0 bridgehead atoms. The maximum absolute atomic E-state index is 12.2. The average Bonchev–Trinajstić information content (AvgIpc) is 2.93. The fourth-order valence-corrected chi connectivity index (χ4v) is 3.66. The highest BCUT2D eigenvalue weighted by molar-refractivity contribution is 8.00. The Morgan fingerprint density at radius 2 is 1.93 bits per heavy atom. The first-order valence-electron chi connectivity index (χ1n) is 8.79. The van der Waals surface area contributed by atoms with Crippen LogP contribution in [0.5, 0.6) is 0 Å². The molecule has 6 N–H and O–H groups in total. The average molecular weight is 432 g/mol. The number of aliphatic carboxylic acids is 2. The number of nitrogens with zero attached hydrogens (tertiary/aromatic N) is 1. The predicted molar refractivity (Wildman–Crippen MR) is 101 cm³/mol. The summed E-state index contributed by atoms with van der Waals surface area (Å²) in [7, 11) is 0. The van der Waals surface area contributed by atoms with Crippen molar-refractivity contribution in [1.82, 2.24) is 15.5 Å². The van der Waals surface area contributed by atoms with Gasteiger partial charge in [0.25, 0.3) is 0 Å². The number of nitrogens with one attached hydrogen (secondary N) is 2. The van der Waals surface area contributed by atoms with Crippen LogP contribution in [0.2, 0.25) is 0 Å². The molecule has 13 heteroatoms. The lowest BCUT2D eigenvalue weighted by molar-refractivity contribution is -0.139. The zero-order chi connectivity index (χ0) is 22.1. The summed E-state index contributed by atoms with van der Waals surface area (Å²) in [5.74, 6) is -4.77. The van der Waals surface area contributed by atoms with Gasteiger partial charge in [0, 0.05) is 25.1 Å². The molecule has 0 radical (unpaired) electrons. The van der Waals surface area contributed by atoms with E-state index in [0.29, 0.717) is 0 Å². The van der Waals surface area contributed by atoms with Gasteiger partial charge in [-0.05, 0) is 13.3 Å². The van der Waals surface area contributed by atoms with E-state index in [2.05, 4.69) is 10.6 Å². The number of hydrogen-bond donors (Lipinski definition) is 5. The molecule has 0 spiro atoms. The van der Waals surface area contributed by atoms with E-state index in [4.69, 9.17) is 15.9 Å². The van der Waals surface area contributed by atoms with E-state index in [1.54, 1.807) is 6.92 Å². The molecule has 3 atom stereocenters. The van der Waals surface area contributed by atoms with E-state index in [9.17, 15) is 28.8 Å². The highest BCUT2D eigenvalue weighted by Gasteiger charge is 2.38. The second-order valence-electron chi connectivity index (χ2n) is 6.22. The van der Waals surface area contributed by atoms with Gasteiger partial charge < -0.3 is 26.6 Å². The number of imide groups is 1. The summed E-state index contributed by atoms with van der Waals surface area (Å²) in [6.45, 7) is 1.23. The van der Waals surface area contributed by atoms with Gasteiger partial charge in [-0.15, -0.1) is 11.8 Å². The zero-order valence-electron chi connectivity index (χ0n) is 15.8. The van der Waals surface area contributed by atoms with Crippen LogP contribution in [0.3, 0.4) is 0 Å². The van der Waals surface area contributed by atoms with Gasteiger partial charge in [-0.2, -0.15) is 0 Å². The zero-order valence-corrected chi connectivity index (χ0v) is 16.6. The Kier molecular flexibility index (Phi) is 9.55. The number of carbonyl (C=O) groups excluding carboxylic acids is 4. The second-order valence-corrected chi connectivity index (χ2v) is 7.45. The maximum atomic E-state index is 12.2. The highest BCUT2D eigenvalue weighted by atomic mass is 32.2. The van der Waals surface area contributed by atoms with Gasteiger partial charge in [0.2, 0.25) is 23.6 Å². The summed E-state index contributed by atoms with van der Waals surface area (Å²) in [5.41, 5.74) is 5.33. The van der Waals surface area contributed by atoms with Crippen LogP contribution in [0.25, 0.3) is 0 Å². The normalized spacial score (nSPS) is 18.3. The molecule has 1 heterocycles. The first-order chi connectivity index (χ1) is 13.6. The quantitative estimate of drug-likeness (QED) is 0.210. The molecular weight excluding hydrogens is 408 g/mol. The van der Waals surface area contributed by atoms with Crippen LogP contribution in [-0.2, 0) is 28.8 Å². The fourth-order valence-electron chi connectivity index (χ4n) is 2.47. The van der Waals surface area contributed by atoms with E-state index in [-0.39, 0.29) is 43.4 Å². The number of thioether (sulfide) groups is 1. The van der Waals surface area contributed by atoms with Crippen LogP contribution in [0.1, 0.15) is 26.2 Å². The molecule has 12 nitrogen and oxygen atoms in total. The number of likely N-dealkylation sites (tertiary alicyclic amines) is 1. The van der Waals surface area contributed by atoms with Crippen molar-refractivity contribution < 1.29 is 39.0 Å². The number of nitrogens with two attached hydrogens (primary N) is 1. The van der Waals surface area contributed by atoms with E-state index in [1.165, 1.54) is 0 Å². The van der Waals surface area contributed by atoms with Gasteiger partial charge in [0.1, 0.15) is 18.6 Å². The molecule has 1 unspecified atom stereocenters. The number of carboxylic acid groups (broad SMARTS) is 2. The van der Waals surface area contributed by atoms with Gasteiger partial charge >= 0.3 is 11.9 Å². The Morgan fingerprint density at radius 1 is 1.28 bits per heavy atom. The molecule has 0 saturated carbocycles. The molecule has 1 saturated heterocycles. The van der Waals surface area contributed by atoms with Gasteiger partial charge in [-0.3, -0.25) is 33.7 Å². The summed E-state index contributed by atoms with van der Waals surface area (Å²) in [5, 5.41) is 21.2. The molecule has 0 aromatic carbocycles. The lowest BCUT2D eigenvalue weighted by Crippen LogP contribution is -2.50. The summed E-state index contributed by atoms with van der Waals surface area (Å²) < 4.78 is 0. The SMILES string of the molecule is CCN1C(=O)C[C@H](SC[C@H](NC(=O)CCC(N)C(=O)O)C(=O)NCC(=O)O)C1=O. The van der Waals surface area contributed by atoms with Crippen molar-refractivity contribution in [1.29, 1.82) is 0 Å². The van der Waals surface area contributed by atoms with Crippen LogP contribution >= 0.6 is 11.8 Å². The third-order valence-electron chi connectivity index (χ3n) is 4.05. The van der Waals surface area contributed by atoms with Gasteiger partial charge in [-0.25, -0.2) is 0 Å². The topological polar surface area (TPSA) is 196 Å². The third-order valence-corrected chi connectivity index (χ3v) is 5.34. The molecule has 0 aliphatic carbocycles. The minimum Gasteiger partial charge on any atom is -0.480 e. The van der Waals surface area contributed by atoms with Crippen LogP contribution in [0.4, 0.5) is 0 Å². The number of rotatable bonds is 12. The third kappa shape index (κ3) is 7.69. The van der Waals surface area contributed by atoms with Crippen molar-refractivity contribution in [3.8, 4) is 0 Å². The van der Waals surface area contributed by atoms with Crippen molar-refractivity contribution in [3.63, 3.8) is 0 Å². The minimum absolute atomic E-state index is 0.0256. The van der Waals surface area contributed by atoms with Crippen LogP contribution in [0, 0.1) is 0 Å². The van der Waals surface area contributed by atoms with Crippen molar-refractivity contribution in [2.75, 3.05) is 18.8 Å². The molecule has 0 aromatic rings. The minimum atomic E-state index is -1.28.